The number of hydrogen-bond donors (Lipinski definition) is 2. The van der Waals surface area contributed by atoms with Crippen molar-refractivity contribution in [1.82, 2.24) is 10.6 Å². The molecule has 0 unspecified atom stereocenters. The van der Waals surface area contributed by atoms with Crippen LogP contribution in [0.4, 0.5) is 11.4 Å². The summed E-state index contributed by atoms with van der Waals surface area (Å²) in [5.41, 5.74) is 9.98. The molecule has 0 heterocycles. The normalized spacial score (nSPS) is 10.1. The summed E-state index contributed by atoms with van der Waals surface area (Å²) in [4.78, 5) is 49.0. The lowest BCUT2D eigenvalue weighted by molar-refractivity contribution is -0.384. The molecule has 0 bridgehead atoms. The molecule has 0 aliphatic heterocycles. The van der Waals surface area contributed by atoms with Crippen molar-refractivity contribution in [1.29, 1.82) is 0 Å². The third kappa shape index (κ3) is 8.37. The first-order valence-electron chi connectivity index (χ1n) is 10.1. The number of nitrogens with one attached hydrogen (secondary N) is 2. The standard InChI is InChI=1S/C21H21BrN6O7/c1-34-12-17(29)24-8-9-25-21(31)16-7-4-14(20(19(16)22)26-27-23)11-35-18(30)10-13-2-5-15(6-3-13)28(32)33/h2-7H,8-12H2,1H3,(H,24,29)(H,25,31). The number of benzene rings is 2. The molecular weight excluding hydrogens is 528 g/mol. The minimum Gasteiger partial charge on any atom is -0.461 e. The number of hydrogen-bond acceptors (Lipinski definition) is 8. The molecule has 2 rings (SSSR count). The van der Waals surface area contributed by atoms with Crippen molar-refractivity contribution in [3.63, 3.8) is 0 Å². The van der Waals surface area contributed by atoms with Crippen LogP contribution in [0.15, 0.2) is 46.0 Å². The van der Waals surface area contributed by atoms with Crippen LogP contribution < -0.4 is 10.6 Å². The summed E-state index contributed by atoms with van der Waals surface area (Å²) in [6.07, 6.45) is -0.114. The van der Waals surface area contributed by atoms with Crippen molar-refractivity contribution in [2.75, 3.05) is 26.8 Å². The van der Waals surface area contributed by atoms with Crippen LogP contribution in [0.3, 0.4) is 0 Å². The fraction of sp³-hybridized carbons (Fsp3) is 0.286. The second kappa shape index (κ2) is 13.6. The van der Waals surface area contributed by atoms with Crippen LogP contribution in [0, 0.1) is 10.1 Å². The van der Waals surface area contributed by atoms with Gasteiger partial charge in [0, 0.05) is 47.3 Å². The largest absolute Gasteiger partial charge is 0.461 e. The number of halogens is 1. The zero-order valence-corrected chi connectivity index (χ0v) is 20.1. The van der Waals surface area contributed by atoms with Crippen LogP contribution >= 0.6 is 15.9 Å². The van der Waals surface area contributed by atoms with Crippen LogP contribution in [0.5, 0.6) is 0 Å². The molecule has 0 saturated heterocycles. The van der Waals surface area contributed by atoms with Crippen molar-refractivity contribution in [2.24, 2.45) is 5.11 Å². The molecule has 35 heavy (non-hydrogen) atoms. The molecule has 14 heteroatoms. The van der Waals surface area contributed by atoms with E-state index in [4.69, 9.17) is 15.0 Å². The van der Waals surface area contributed by atoms with Crippen LogP contribution in [0.25, 0.3) is 10.4 Å². The monoisotopic (exact) mass is 548 g/mol. The second-order valence-corrected chi connectivity index (χ2v) is 7.72. The molecule has 2 aromatic carbocycles. The average Bonchev–Trinajstić information content (AvgIpc) is 2.82. The van der Waals surface area contributed by atoms with Gasteiger partial charge in [0.25, 0.3) is 11.6 Å². The van der Waals surface area contributed by atoms with E-state index in [-0.39, 0.29) is 60.0 Å². The van der Waals surface area contributed by atoms with E-state index in [1.807, 2.05) is 0 Å². The quantitative estimate of drug-likeness (QED) is 0.0774. The van der Waals surface area contributed by atoms with Gasteiger partial charge in [0.15, 0.2) is 0 Å². The third-order valence-corrected chi connectivity index (χ3v) is 5.28. The fourth-order valence-electron chi connectivity index (χ4n) is 2.82. The molecule has 0 spiro atoms. The van der Waals surface area contributed by atoms with Gasteiger partial charge in [-0.2, -0.15) is 0 Å². The number of nitro groups is 1. The Balaban J connectivity index is 2.01. The molecule has 0 aliphatic rings. The Morgan fingerprint density at radius 2 is 1.83 bits per heavy atom. The highest BCUT2D eigenvalue weighted by atomic mass is 79.9. The van der Waals surface area contributed by atoms with Gasteiger partial charge in [0.1, 0.15) is 13.2 Å². The Kier molecular flexibility index (Phi) is 10.6. The molecule has 2 N–H and O–H groups in total. The summed E-state index contributed by atoms with van der Waals surface area (Å²) in [5, 5.41) is 19.5. The summed E-state index contributed by atoms with van der Waals surface area (Å²) in [5.74, 6) is -1.39. The molecular formula is C21H21BrN6O7. The van der Waals surface area contributed by atoms with E-state index < -0.39 is 16.8 Å². The number of carbonyl (C=O) groups excluding carboxylic acids is 3. The van der Waals surface area contributed by atoms with Crippen molar-refractivity contribution in [2.45, 2.75) is 13.0 Å². The Labute approximate surface area is 207 Å². The highest BCUT2D eigenvalue weighted by Crippen LogP contribution is 2.34. The van der Waals surface area contributed by atoms with Crippen molar-refractivity contribution in [3.8, 4) is 0 Å². The van der Waals surface area contributed by atoms with Gasteiger partial charge in [-0.25, -0.2) is 0 Å². The van der Waals surface area contributed by atoms with Gasteiger partial charge in [0.05, 0.1) is 22.6 Å². The minimum absolute atomic E-state index is 0.0803. The maximum absolute atomic E-state index is 12.5. The summed E-state index contributed by atoms with van der Waals surface area (Å²) in [6, 6.07) is 8.45. The number of methoxy groups -OCH3 is 1. The second-order valence-electron chi connectivity index (χ2n) is 6.92. The predicted octanol–water partition coefficient (Wildman–Crippen LogP) is 3.08. The van der Waals surface area contributed by atoms with Crippen molar-refractivity contribution >= 4 is 45.1 Å². The topological polar surface area (TPSA) is 186 Å². The lowest BCUT2D eigenvalue weighted by Gasteiger charge is -2.13. The number of esters is 1. The summed E-state index contributed by atoms with van der Waals surface area (Å²) >= 11 is 3.26. The van der Waals surface area contributed by atoms with Gasteiger partial charge in [0.2, 0.25) is 5.91 Å². The summed E-state index contributed by atoms with van der Waals surface area (Å²) in [7, 11) is 1.39. The number of non-ortho nitro benzene ring substituents is 1. The number of rotatable bonds is 12. The van der Waals surface area contributed by atoms with Gasteiger partial charge in [-0.05, 0) is 33.1 Å². The highest BCUT2D eigenvalue weighted by Gasteiger charge is 2.17. The minimum atomic E-state index is -0.598. The highest BCUT2D eigenvalue weighted by molar-refractivity contribution is 9.10. The van der Waals surface area contributed by atoms with E-state index in [1.165, 1.54) is 43.5 Å². The van der Waals surface area contributed by atoms with E-state index >= 15 is 0 Å². The lowest BCUT2D eigenvalue weighted by Crippen LogP contribution is -2.36. The lowest BCUT2D eigenvalue weighted by atomic mass is 10.1. The molecule has 2 aromatic rings. The zero-order chi connectivity index (χ0) is 25.8. The first-order chi connectivity index (χ1) is 16.8. The molecule has 0 aliphatic carbocycles. The maximum atomic E-state index is 12.5. The van der Waals surface area contributed by atoms with Gasteiger partial charge in [-0.3, -0.25) is 24.5 Å². The van der Waals surface area contributed by atoms with Gasteiger partial charge in [-0.15, -0.1) is 0 Å². The van der Waals surface area contributed by atoms with Gasteiger partial charge in [-0.1, -0.05) is 23.3 Å². The number of amides is 2. The number of carbonyl (C=O) groups is 3. The predicted molar refractivity (Wildman–Crippen MR) is 127 cm³/mol. The van der Waals surface area contributed by atoms with Crippen molar-refractivity contribution < 1.29 is 28.8 Å². The molecule has 0 radical (unpaired) electrons. The molecule has 2 amide bonds. The van der Waals surface area contributed by atoms with E-state index in [0.29, 0.717) is 11.1 Å². The molecule has 0 saturated carbocycles. The first-order valence-corrected chi connectivity index (χ1v) is 10.8. The van der Waals surface area contributed by atoms with Gasteiger partial charge < -0.3 is 20.1 Å². The SMILES string of the molecule is COCC(=O)NCCNC(=O)c1ccc(COC(=O)Cc2ccc([N+](=O)[O-])cc2)c(N=[N+]=[N-])c1Br. The third-order valence-electron chi connectivity index (χ3n) is 4.48. The summed E-state index contributed by atoms with van der Waals surface area (Å²) < 4.78 is 10.1. The number of ether oxygens (including phenoxy) is 2. The van der Waals surface area contributed by atoms with Gasteiger partial charge >= 0.3 is 5.97 Å². The molecule has 184 valence electrons. The van der Waals surface area contributed by atoms with Crippen LogP contribution in [0.1, 0.15) is 21.5 Å². The first kappa shape index (κ1) is 27.2. The van der Waals surface area contributed by atoms with E-state index in [1.54, 1.807) is 0 Å². The van der Waals surface area contributed by atoms with Crippen LogP contribution in [0.2, 0.25) is 0 Å². The van der Waals surface area contributed by atoms with E-state index in [2.05, 4.69) is 36.6 Å². The van der Waals surface area contributed by atoms with Crippen LogP contribution in [-0.4, -0.2) is 49.5 Å². The number of nitro benzene ring substituents is 1. The molecule has 13 nitrogen and oxygen atoms in total. The van der Waals surface area contributed by atoms with Crippen molar-refractivity contribution in [3.05, 3.63) is 78.1 Å². The summed E-state index contributed by atoms with van der Waals surface area (Å²) in [6.45, 7) is 0.0261. The number of nitrogens with zero attached hydrogens (tertiary/aromatic N) is 4. The molecule has 0 atom stereocenters. The molecule has 0 aromatic heterocycles. The van der Waals surface area contributed by atoms with E-state index in [9.17, 15) is 24.5 Å². The maximum Gasteiger partial charge on any atom is 0.310 e. The zero-order valence-electron chi connectivity index (χ0n) is 18.5. The molecule has 0 fully saturated rings. The van der Waals surface area contributed by atoms with E-state index in [0.717, 1.165) is 0 Å². The Morgan fingerprint density at radius 1 is 1.14 bits per heavy atom. The Morgan fingerprint density at radius 3 is 2.46 bits per heavy atom. The Bertz CT molecular complexity index is 1150. The smallest absolute Gasteiger partial charge is 0.310 e. The number of azide groups is 1. The fourth-order valence-corrected chi connectivity index (χ4v) is 3.46. The average molecular weight is 549 g/mol. The van der Waals surface area contributed by atoms with Crippen LogP contribution in [-0.2, 0) is 32.1 Å². The Hall–Kier alpha value is -4.00.